The fourth-order valence-electron chi connectivity index (χ4n) is 1.40. The molecule has 0 saturated carbocycles. The van der Waals surface area contributed by atoms with E-state index in [1.807, 2.05) is 6.92 Å². The van der Waals surface area contributed by atoms with Crippen LogP contribution >= 0.6 is 12.4 Å². The zero-order chi connectivity index (χ0) is 13.7. The van der Waals surface area contributed by atoms with Crippen LogP contribution < -0.4 is 15.8 Å². The number of carbonyl (C=O) groups is 1. The second-order valence-electron chi connectivity index (χ2n) is 4.00. The van der Waals surface area contributed by atoms with Gasteiger partial charge in [0, 0.05) is 12.1 Å². The molecule has 108 valence electrons. The second-order valence-corrected chi connectivity index (χ2v) is 4.00. The van der Waals surface area contributed by atoms with Crippen molar-refractivity contribution in [3.05, 3.63) is 29.3 Å². The molecule has 0 radical (unpaired) electrons. The first-order chi connectivity index (χ1) is 8.40. The van der Waals surface area contributed by atoms with Crippen LogP contribution in [0.4, 0.5) is 8.78 Å². The summed E-state index contributed by atoms with van der Waals surface area (Å²) in [6.07, 6.45) is 0. The Hall–Kier alpha value is -1.40. The monoisotopic (exact) mass is 294 g/mol. The highest BCUT2D eigenvalue weighted by Crippen LogP contribution is 2.21. The van der Waals surface area contributed by atoms with Gasteiger partial charge in [-0.3, -0.25) is 4.79 Å². The van der Waals surface area contributed by atoms with Crippen LogP contribution in [0.5, 0.6) is 5.75 Å². The van der Waals surface area contributed by atoms with E-state index in [0.717, 1.165) is 5.56 Å². The van der Waals surface area contributed by atoms with E-state index in [2.05, 4.69) is 10.1 Å². The van der Waals surface area contributed by atoms with E-state index in [1.165, 1.54) is 6.07 Å². The Kier molecular flexibility index (Phi) is 7.33. The summed E-state index contributed by atoms with van der Waals surface area (Å²) in [6.45, 7) is 0.575. The van der Waals surface area contributed by atoms with Crippen molar-refractivity contribution in [2.24, 2.45) is 5.73 Å². The third kappa shape index (κ3) is 5.85. The van der Waals surface area contributed by atoms with Crippen molar-refractivity contribution in [3.63, 3.8) is 0 Å². The maximum absolute atomic E-state index is 12.2. The molecule has 7 heteroatoms. The lowest BCUT2D eigenvalue weighted by atomic mass is 10.1. The van der Waals surface area contributed by atoms with Gasteiger partial charge >= 0.3 is 6.61 Å². The maximum atomic E-state index is 12.2. The van der Waals surface area contributed by atoms with Crippen LogP contribution in [0.1, 0.15) is 18.1 Å². The fourth-order valence-corrected chi connectivity index (χ4v) is 1.40. The summed E-state index contributed by atoms with van der Waals surface area (Å²) in [5.74, 6) is -0.292. The smallest absolute Gasteiger partial charge is 0.387 e. The lowest BCUT2D eigenvalue weighted by Gasteiger charge is -2.13. The Bertz CT molecular complexity index is 428. The van der Waals surface area contributed by atoms with Gasteiger partial charge in [-0.05, 0) is 19.9 Å². The summed E-state index contributed by atoms with van der Waals surface area (Å²) < 4.78 is 28.8. The normalized spacial score (nSPS) is 11.7. The number of halogens is 3. The van der Waals surface area contributed by atoms with Crippen LogP contribution in [-0.4, -0.2) is 18.6 Å². The molecule has 0 aromatic heterocycles. The van der Waals surface area contributed by atoms with E-state index in [1.54, 1.807) is 19.1 Å². The van der Waals surface area contributed by atoms with Crippen molar-refractivity contribution in [3.8, 4) is 5.75 Å². The molecule has 0 aliphatic carbocycles. The molecule has 4 nitrogen and oxygen atoms in total. The number of aryl methyl sites for hydroxylation is 1. The molecule has 0 aliphatic heterocycles. The fraction of sp³-hybridized carbons (Fsp3) is 0.417. The SMILES string of the molecule is Cc1ccc(OC(F)F)c(CNC(=O)[C@@H](C)N)c1.Cl. The molecule has 0 unspecified atom stereocenters. The highest BCUT2D eigenvalue weighted by molar-refractivity contribution is 5.85. The van der Waals surface area contributed by atoms with Gasteiger partial charge in [-0.1, -0.05) is 17.7 Å². The van der Waals surface area contributed by atoms with Crippen LogP contribution in [0.2, 0.25) is 0 Å². The van der Waals surface area contributed by atoms with E-state index >= 15 is 0 Å². The number of rotatable bonds is 5. The number of carbonyl (C=O) groups excluding carboxylic acids is 1. The first-order valence-electron chi connectivity index (χ1n) is 5.47. The van der Waals surface area contributed by atoms with E-state index < -0.39 is 12.7 Å². The van der Waals surface area contributed by atoms with Gasteiger partial charge in [0.2, 0.25) is 5.91 Å². The standard InChI is InChI=1S/C12H16F2N2O2.ClH/c1-7-3-4-10(18-12(13)14)9(5-7)6-16-11(17)8(2)15;/h3-5,8,12H,6,15H2,1-2H3,(H,16,17);1H/t8-;/m1./s1. The topological polar surface area (TPSA) is 64.3 Å². The van der Waals surface area contributed by atoms with Gasteiger partial charge in [-0.2, -0.15) is 8.78 Å². The first-order valence-corrected chi connectivity index (χ1v) is 5.47. The quantitative estimate of drug-likeness (QED) is 0.873. The van der Waals surface area contributed by atoms with Crippen LogP contribution in [0.15, 0.2) is 18.2 Å². The molecule has 3 N–H and O–H groups in total. The van der Waals surface area contributed by atoms with Crippen molar-refractivity contribution in [1.82, 2.24) is 5.32 Å². The van der Waals surface area contributed by atoms with Crippen molar-refractivity contribution in [2.75, 3.05) is 0 Å². The first kappa shape index (κ1) is 17.6. The summed E-state index contributed by atoms with van der Waals surface area (Å²) in [6, 6.07) is 4.15. The number of hydrogen-bond acceptors (Lipinski definition) is 3. The summed E-state index contributed by atoms with van der Waals surface area (Å²) in [5, 5.41) is 2.55. The van der Waals surface area contributed by atoms with Crippen molar-refractivity contribution >= 4 is 18.3 Å². The molecule has 19 heavy (non-hydrogen) atoms. The Morgan fingerprint density at radius 2 is 2.11 bits per heavy atom. The molecule has 0 heterocycles. The van der Waals surface area contributed by atoms with Crippen LogP contribution in [0.3, 0.4) is 0 Å². The maximum Gasteiger partial charge on any atom is 0.387 e. The van der Waals surface area contributed by atoms with Crippen molar-refractivity contribution < 1.29 is 18.3 Å². The van der Waals surface area contributed by atoms with E-state index in [9.17, 15) is 13.6 Å². The zero-order valence-electron chi connectivity index (χ0n) is 10.7. The Morgan fingerprint density at radius 1 is 1.47 bits per heavy atom. The number of benzene rings is 1. The summed E-state index contributed by atoms with van der Waals surface area (Å²) in [5.41, 5.74) is 6.77. The van der Waals surface area contributed by atoms with Gasteiger partial charge in [0.1, 0.15) is 5.75 Å². The summed E-state index contributed by atoms with van der Waals surface area (Å²) >= 11 is 0. The molecule has 1 atom stereocenters. The molecule has 0 spiro atoms. The number of nitrogens with two attached hydrogens (primary N) is 1. The molecule has 1 aromatic carbocycles. The summed E-state index contributed by atoms with van der Waals surface area (Å²) in [7, 11) is 0. The summed E-state index contributed by atoms with van der Waals surface area (Å²) in [4.78, 5) is 11.3. The predicted molar refractivity (Wildman–Crippen MR) is 70.6 cm³/mol. The largest absolute Gasteiger partial charge is 0.434 e. The highest BCUT2D eigenvalue weighted by Gasteiger charge is 2.12. The van der Waals surface area contributed by atoms with E-state index in [-0.39, 0.29) is 30.6 Å². The van der Waals surface area contributed by atoms with E-state index in [4.69, 9.17) is 5.73 Å². The molecule has 0 saturated heterocycles. The van der Waals surface area contributed by atoms with Crippen LogP contribution in [-0.2, 0) is 11.3 Å². The minimum atomic E-state index is -2.89. The van der Waals surface area contributed by atoms with Gasteiger partial charge in [-0.25, -0.2) is 0 Å². The third-order valence-corrected chi connectivity index (χ3v) is 2.30. The predicted octanol–water partition coefficient (Wildman–Crippen LogP) is 1.98. The number of amides is 1. The second kappa shape index (κ2) is 7.91. The van der Waals surface area contributed by atoms with Gasteiger partial charge in [0.15, 0.2) is 0 Å². The third-order valence-electron chi connectivity index (χ3n) is 2.30. The van der Waals surface area contributed by atoms with Gasteiger partial charge in [0.05, 0.1) is 6.04 Å². The van der Waals surface area contributed by atoms with Crippen LogP contribution in [0, 0.1) is 6.92 Å². The highest BCUT2D eigenvalue weighted by atomic mass is 35.5. The van der Waals surface area contributed by atoms with Crippen molar-refractivity contribution in [2.45, 2.75) is 33.0 Å². The Labute approximate surface area is 116 Å². The average Bonchev–Trinajstić information content (AvgIpc) is 2.28. The molecule has 0 fully saturated rings. The van der Waals surface area contributed by atoms with Gasteiger partial charge < -0.3 is 15.8 Å². The Balaban J connectivity index is 0.00000324. The number of hydrogen-bond donors (Lipinski definition) is 2. The van der Waals surface area contributed by atoms with Gasteiger partial charge in [-0.15, -0.1) is 12.4 Å². The molecule has 1 amide bonds. The van der Waals surface area contributed by atoms with E-state index in [0.29, 0.717) is 5.56 Å². The zero-order valence-corrected chi connectivity index (χ0v) is 11.5. The molecule has 0 bridgehead atoms. The number of alkyl halides is 2. The van der Waals surface area contributed by atoms with Crippen molar-refractivity contribution in [1.29, 1.82) is 0 Å². The molecular formula is C12H17ClF2N2O2. The lowest BCUT2D eigenvalue weighted by Crippen LogP contribution is -2.37. The molecule has 0 aliphatic rings. The molecule has 1 rings (SSSR count). The lowest BCUT2D eigenvalue weighted by molar-refractivity contribution is -0.122. The minimum Gasteiger partial charge on any atom is -0.434 e. The molecular weight excluding hydrogens is 278 g/mol. The average molecular weight is 295 g/mol. The minimum absolute atomic E-state index is 0. The number of nitrogens with one attached hydrogen (secondary N) is 1. The molecule has 1 aromatic rings. The Morgan fingerprint density at radius 3 is 2.63 bits per heavy atom. The van der Waals surface area contributed by atoms with Gasteiger partial charge in [0.25, 0.3) is 0 Å². The van der Waals surface area contributed by atoms with Crippen LogP contribution in [0.25, 0.3) is 0 Å². The number of ether oxygens (including phenoxy) is 1.